The van der Waals surface area contributed by atoms with Crippen LogP contribution >= 0.6 is 0 Å². The van der Waals surface area contributed by atoms with Gasteiger partial charge in [-0.15, -0.1) is 0 Å². The summed E-state index contributed by atoms with van der Waals surface area (Å²) < 4.78 is 5.95. The molecule has 0 amide bonds. The van der Waals surface area contributed by atoms with Gasteiger partial charge in [0, 0.05) is 18.6 Å². The molecule has 0 fully saturated rings. The van der Waals surface area contributed by atoms with E-state index in [9.17, 15) is 0 Å². The molecule has 0 aliphatic heterocycles. The third-order valence-electron chi connectivity index (χ3n) is 5.06. The Kier molecular flexibility index (Phi) is 7.46. The van der Waals surface area contributed by atoms with Crippen molar-refractivity contribution in [3.05, 3.63) is 53.9 Å². The van der Waals surface area contributed by atoms with Gasteiger partial charge in [-0.2, -0.15) is 15.3 Å². The van der Waals surface area contributed by atoms with Crippen LogP contribution in [0.3, 0.4) is 0 Å². The molecule has 0 bridgehead atoms. The van der Waals surface area contributed by atoms with Gasteiger partial charge in [0.25, 0.3) is 0 Å². The Bertz CT molecular complexity index is 718. The van der Waals surface area contributed by atoms with E-state index in [0.29, 0.717) is 0 Å². The van der Waals surface area contributed by atoms with E-state index < -0.39 is 0 Å². The fourth-order valence-corrected chi connectivity index (χ4v) is 3.36. The van der Waals surface area contributed by atoms with Crippen molar-refractivity contribution in [3.8, 4) is 0 Å². The van der Waals surface area contributed by atoms with Gasteiger partial charge in [0.2, 0.25) is 6.29 Å². The zero-order chi connectivity index (χ0) is 19.8. The van der Waals surface area contributed by atoms with Crippen LogP contribution in [-0.4, -0.2) is 29.3 Å². The second-order valence-corrected chi connectivity index (χ2v) is 7.52. The topological polar surface area (TPSA) is 53.5 Å². The number of nitrogens with zero attached hydrogens (tertiary/aromatic N) is 6. The van der Waals surface area contributed by atoms with Crippen LogP contribution in [0.5, 0.6) is 0 Å². The number of unbranched alkanes of at least 4 members (excludes halogenated alkanes) is 3. The van der Waals surface area contributed by atoms with Gasteiger partial charge in [0.1, 0.15) is 0 Å². The summed E-state index contributed by atoms with van der Waals surface area (Å²) in [7, 11) is 0. The van der Waals surface area contributed by atoms with E-state index in [-0.39, 0.29) is 6.29 Å². The summed E-state index contributed by atoms with van der Waals surface area (Å²) in [5.74, 6) is 0. The maximum Gasteiger partial charge on any atom is 0.238 e. The van der Waals surface area contributed by atoms with Crippen molar-refractivity contribution in [3.63, 3.8) is 0 Å². The third-order valence-corrected chi connectivity index (χ3v) is 5.06. The molecule has 0 unspecified atom stereocenters. The number of hydrogen-bond donors (Lipinski definition) is 0. The molecule has 0 aliphatic rings. The molecular weight excluding hydrogens is 348 g/mol. The van der Waals surface area contributed by atoms with Gasteiger partial charge in [-0.3, -0.25) is 0 Å². The molecule has 3 rings (SSSR count). The first-order valence-electron chi connectivity index (χ1n) is 10.9. The maximum absolute atomic E-state index is 4.84. The van der Waals surface area contributed by atoms with Gasteiger partial charge in [0.05, 0.1) is 17.1 Å². The zero-order valence-corrected chi connectivity index (χ0v) is 17.6. The van der Waals surface area contributed by atoms with Crippen molar-refractivity contribution >= 4 is 0 Å². The van der Waals surface area contributed by atoms with E-state index in [1.165, 1.54) is 19.3 Å². The van der Waals surface area contributed by atoms with E-state index in [2.05, 4.69) is 57.6 Å². The van der Waals surface area contributed by atoms with Gasteiger partial charge >= 0.3 is 0 Å². The number of rotatable bonds is 12. The Hall–Kier alpha value is -2.37. The predicted molar refractivity (Wildman–Crippen MR) is 112 cm³/mol. The van der Waals surface area contributed by atoms with E-state index in [1.807, 2.05) is 14.0 Å². The molecule has 3 aromatic heterocycles. The van der Waals surface area contributed by atoms with Crippen LogP contribution in [-0.2, 0) is 19.3 Å². The molecule has 0 spiro atoms. The van der Waals surface area contributed by atoms with Crippen molar-refractivity contribution in [2.45, 2.75) is 84.8 Å². The first kappa shape index (κ1) is 20.4. The van der Waals surface area contributed by atoms with Crippen molar-refractivity contribution in [2.24, 2.45) is 0 Å². The van der Waals surface area contributed by atoms with Crippen LogP contribution in [0.15, 0.2) is 36.8 Å². The highest BCUT2D eigenvalue weighted by atomic mass is 15.6. The summed E-state index contributed by atoms with van der Waals surface area (Å²) in [5, 5.41) is 14.5. The van der Waals surface area contributed by atoms with Gasteiger partial charge in [-0.1, -0.05) is 40.0 Å². The van der Waals surface area contributed by atoms with E-state index in [0.717, 1.165) is 55.6 Å². The minimum atomic E-state index is -0.207. The Morgan fingerprint density at radius 3 is 1.21 bits per heavy atom. The molecule has 0 aliphatic carbocycles. The number of aromatic nitrogens is 6. The van der Waals surface area contributed by atoms with E-state index >= 15 is 0 Å². The molecule has 6 nitrogen and oxygen atoms in total. The average molecular weight is 383 g/mol. The SMILES string of the molecule is CCCCc1ccn(C(n2ccc(CCCC)n2)n2ccc(CCCC)n2)n1. The van der Waals surface area contributed by atoms with Crippen molar-refractivity contribution < 1.29 is 0 Å². The molecule has 0 aromatic carbocycles. The first-order chi connectivity index (χ1) is 13.7. The smallest absolute Gasteiger partial charge is 0.227 e. The van der Waals surface area contributed by atoms with E-state index in [1.54, 1.807) is 0 Å². The number of hydrogen-bond acceptors (Lipinski definition) is 3. The quantitative estimate of drug-likeness (QED) is 0.450. The standard InChI is InChI=1S/C22H34N6/c1-4-7-10-19-13-16-26(23-19)22(27-17-14-20(24-27)11-8-5-2)28-18-15-21(25-28)12-9-6-3/h13-18,22H,4-12H2,1-3H3. The first-order valence-corrected chi connectivity index (χ1v) is 10.9. The van der Waals surface area contributed by atoms with Crippen LogP contribution in [0.1, 0.15) is 82.7 Å². The van der Waals surface area contributed by atoms with Gasteiger partial charge in [0.15, 0.2) is 0 Å². The van der Waals surface area contributed by atoms with Crippen LogP contribution in [0.2, 0.25) is 0 Å². The Morgan fingerprint density at radius 2 is 0.929 bits per heavy atom. The van der Waals surface area contributed by atoms with Crippen molar-refractivity contribution in [1.82, 2.24) is 29.3 Å². The number of aryl methyl sites for hydroxylation is 3. The monoisotopic (exact) mass is 382 g/mol. The second-order valence-electron chi connectivity index (χ2n) is 7.52. The molecule has 6 heteroatoms. The predicted octanol–water partition coefficient (Wildman–Crippen LogP) is 4.86. The highest BCUT2D eigenvalue weighted by Crippen LogP contribution is 2.16. The molecule has 3 aromatic rings. The van der Waals surface area contributed by atoms with Crippen molar-refractivity contribution in [2.75, 3.05) is 0 Å². The maximum atomic E-state index is 4.84. The summed E-state index contributed by atoms with van der Waals surface area (Å²) in [6, 6.07) is 6.35. The second kappa shape index (κ2) is 10.2. The van der Waals surface area contributed by atoms with Crippen molar-refractivity contribution in [1.29, 1.82) is 0 Å². The summed E-state index contributed by atoms with van der Waals surface area (Å²) in [5.41, 5.74) is 3.38. The lowest BCUT2D eigenvalue weighted by atomic mass is 10.2. The third kappa shape index (κ3) is 5.12. The highest BCUT2D eigenvalue weighted by Gasteiger charge is 2.19. The minimum absolute atomic E-state index is 0.207. The summed E-state index contributed by atoms with van der Waals surface area (Å²) >= 11 is 0. The zero-order valence-electron chi connectivity index (χ0n) is 17.6. The molecule has 3 heterocycles. The lowest BCUT2D eigenvalue weighted by Gasteiger charge is -2.19. The average Bonchev–Trinajstić information content (AvgIpc) is 3.46. The summed E-state index contributed by atoms with van der Waals surface area (Å²) in [6.45, 7) is 6.63. The van der Waals surface area contributed by atoms with Crippen LogP contribution in [0, 0.1) is 0 Å². The molecule has 0 saturated carbocycles. The summed E-state index contributed by atoms with van der Waals surface area (Å²) in [6.07, 6.45) is 16.0. The van der Waals surface area contributed by atoms with Crippen LogP contribution in [0.25, 0.3) is 0 Å². The van der Waals surface area contributed by atoms with Crippen LogP contribution in [0.4, 0.5) is 0 Å². The molecule has 0 radical (unpaired) electrons. The largest absolute Gasteiger partial charge is 0.238 e. The molecule has 0 atom stereocenters. The van der Waals surface area contributed by atoms with Gasteiger partial charge in [-0.25, -0.2) is 14.0 Å². The molecule has 0 saturated heterocycles. The van der Waals surface area contributed by atoms with Crippen LogP contribution < -0.4 is 0 Å². The highest BCUT2D eigenvalue weighted by molar-refractivity contribution is 5.05. The molecule has 28 heavy (non-hydrogen) atoms. The fourth-order valence-electron chi connectivity index (χ4n) is 3.36. The Labute approximate surface area is 168 Å². The Morgan fingerprint density at radius 1 is 0.607 bits per heavy atom. The Balaban J connectivity index is 1.88. The normalized spacial score (nSPS) is 11.6. The van der Waals surface area contributed by atoms with Gasteiger partial charge < -0.3 is 0 Å². The van der Waals surface area contributed by atoms with E-state index in [4.69, 9.17) is 15.3 Å². The minimum Gasteiger partial charge on any atom is -0.227 e. The lowest BCUT2D eigenvalue weighted by molar-refractivity contribution is 0.280. The molecular formula is C22H34N6. The molecule has 152 valence electrons. The fraction of sp³-hybridized carbons (Fsp3) is 0.591. The summed E-state index contributed by atoms with van der Waals surface area (Å²) in [4.78, 5) is 0. The lowest BCUT2D eigenvalue weighted by Crippen LogP contribution is -2.27. The molecule has 0 N–H and O–H groups in total. The van der Waals surface area contributed by atoms with Gasteiger partial charge in [-0.05, 0) is 56.7 Å².